The highest BCUT2D eigenvalue weighted by molar-refractivity contribution is 6.33. The molecule has 0 amide bonds. The lowest BCUT2D eigenvalue weighted by molar-refractivity contribution is 0.660. The summed E-state index contributed by atoms with van der Waals surface area (Å²) in [5, 5.41) is 4.25. The molecule has 4 aromatic carbocycles. The first-order chi connectivity index (χ1) is 14.0. The van der Waals surface area contributed by atoms with Crippen molar-refractivity contribution >= 4 is 23.0 Å². The Bertz CT molecular complexity index is 1190. The third-order valence-electron chi connectivity index (χ3n) is 5.94. The zero-order valence-electron chi connectivity index (χ0n) is 16.5. The summed E-state index contributed by atoms with van der Waals surface area (Å²) < 4.78 is 0. The third kappa shape index (κ3) is 3.03. The minimum atomic E-state index is -0.0376. The number of fused-ring (bicyclic) bond motifs is 3. The van der Waals surface area contributed by atoms with Crippen molar-refractivity contribution in [1.29, 1.82) is 0 Å². The highest BCUT2D eigenvalue weighted by Crippen LogP contribution is 2.50. The van der Waals surface area contributed by atoms with Gasteiger partial charge in [0, 0.05) is 11.1 Å². The Labute approximate surface area is 177 Å². The summed E-state index contributed by atoms with van der Waals surface area (Å²) in [6, 6.07) is 31.8. The van der Waals surface area contributed by atoms with Crippen molar-refractivity contribution in [3.63, 3.8) is 0 Å². The fraction of sp³-hybridized carbons (Fsp3) is 0.111. The van der Waals surface area contributed by atoms with Crippen molar-refractivity contribution in [2.75, 3.05) is 5.32 Å². The van der Waals surface area contributed by atoms with Crippen molar-refractivity contribution < 1.29 is 0 Å². The first-order valence-electron chi connectivity index (χ1n) is 9.90. The molecule has 29 heavy (non-hydrogen) atoms. The second kappa shape index (κ2) is 6.79. The van der Waals surface area contributed by atoms with Gasteiger partial charge >= 0.3 is 0 Å². The van der Waals surface area contributed by atoms with E-state index in [1.807, 2.05) is 6.07 Å². The standard InChI is InChI=1S/C27H22ClN/c1-27(2)23-11-7-6-10-21(23)22-16-25(28)26(17-24(22)27)29-20-14-12-19(13-15-20)18-8-4-3-5-9-18/h3-17,29H,1-2H3. The van der Waals surface area contributed by atoms with E-state index in [2.05, 4.69) is 104 Å². The topological polar surface area (TPSA) is 12.0 Å². The van der Waals surface area contributed by atoms with E-state index in [1.54, 1.807) is 0 Å². The molecule has 0 radical (unpaired) electrons. The lowest BCUT2D eigenvalue weighted by atomic mass is 9.82. The molecule has 0 bridgehead atoms. The molecule has 1 N–H and O–H groups in total. The van der Waals surface area contributed by atoms with Crippen LogP contribution in [0.4, 0.5) is 11.4 Å². The van der Waals surface area contributed by atoms with Gasteiger partial charge in [0.15, 0.2) is 0 Å². The highest BCUT2D eigenvalue weighted by atomic mass is 35.5. The summed E-state index contributed by atoms with van der Waals surface area (Å²) in [5.41, 5.74) is 9.54. The summed E-state index contributed by atoms with van der Waals surface area (Å²) in [7, 11) is 0. The smallest absolute Gasteiger partial charge is 0.0647 e. The Morgan fingerprint density at radius 3 is 2.07 bits per heavy atom. The molecule has 142 valence electrons. The number of rotatable bonds is 3. The van der Waals surface area contributed by atoms with Gasteiger partial charge < -0.3 is 5.32 Å². The lowest BCUT2D eigenvalue weighted by Crippen LogP contribution is -2.15. The van der Waals surface area contributed by atoms with Crippen LogP contribution >= 0.6 is 11.6 Å². The van der Waals surface area contributed by atoms with Crippen LogP contribution in [-0.4, -0.2) is 0 Å². The molecule has 0 heterocycles. The third-order valence-corrected chi connectivity index (χ3v) is 6.25. The fourth-order valence-corrected chi connectivity index (χ4v) is 4.56. The van der Waals surface area contributed by atoms with Crippen molar-refractivity contribution in [3.05, 3.63) is 107 Å². The summed E-state index contributed by atoms with van der Waals surface area (Å²) in [6.45, 7) is 4.56. The maximum Gasteiger partial charge on any atom is 0.0647 e. The number of hydrogen-bond donors (Lipinski definition) is 1. The van der Waals surface area contributed by atoms with Crippen LogP contribution in [0.25, 0.3) is 22.3 Å². The van der Waals surface area contributed by atoms with Crippen LogP contribution in [0.1, 0.15) is 25.0 Å². The molecule has 2 heteroatoms. The summed E-state index contributed by atoms with van der Waals surface area (Å²) in [5.74, 6) is 0. The van der Waals surface area contributed by atoms with Crippen LogP contribution in [-0.2, 0) is 5.41 Å². The Morgan fingerprint density at radius 2 is 1.31 bits per heavy atom. The van der Waals surface area contributed by atoms with E-state index in [9.17, 15) is 0 Å². The lowest BCUT2D eigenvalue weighted by Gasteiger charge is -2.22. The number of hydrogen-bond acceptors (Lipinski definition) is 1. The van der Waals surface area contributed by atoms with E-state index in [4.69, 9.17) is 11.6 Å². The van der Waals surface area contributed by atoms with Crippen molar-refractivity contribution in [1.82, 2.24) is 0 Å². The van der Waals surface area contributed by atoms with E-state index in [1.165, 1.54) is 33.4 Å². The van der Waals surface area contributed by atoms with Crippen molar-refractivity contribution in [3.8, 4) is 22.3 Å². The molecule has 0 fully saturated rings. The predicted octanol–water partition coefficient (Wildman–Crippen LogP) is 8.06. The molecule has 5 rings (SSSR count). The van der Waals surface area contributed by atoms with Gasteiger partial charge in [-0.1, -0.05) is 92.2 Å². The predicted molar refractivity (Wildman–Crippen MR) is 124 cm³/mol. The average Bonchev–Trinajstić information content (AvgIpc) is 2.97. The molecule has 0 saturated carbocycles. The maximum atomic E-state index is 6.68. The molecular weight excluding hydrogens is 374 g/mol. The minimum Gasteiger partial charge on any atom is -0.354 e. The fourth-order valence-electron chi connectivity index (χ4n) is 4.35. The van der Waals surface area contributed by atoms with Gasteiger partial charge in [0.2, 0.25) is 0 Å². The largest absolute Gasteiger partial charge is 0.354 e. The van der Waals surface area contributed by atoms with Gasteiger partial charge in [-0.05, 0) is 57.6 Å². The Kier molecular flexibility index (Phi) is 4.22. The molecule has 0 atom stereocenters. The molecular formula is C27H22ClN. The van der Waals surface area contributed by atoms with Gasteiger partial charge in [0.1, 0.15) is 0 Å². The zero-order chi connectivity index (χ0) is 20.0. The quantitative estimate of drug-likeness (QED) is 0.370. The Balaban J connectivity index is 1.49. The van der Waals surface area contributed by atoms with Crippen molar-refractivity contribution in [2.45, 2.75) is 19.3 Å². The van der Waals surface area contributed by atoms with Gasteiger partial charge in [0.25, 0.3) is 0 Å². The van der Waals surface area contributed by atoms with Crippen LogP contribution in [0.2, 0.25) is 5.02 Å². The molecule has 0 unspecified atom stereocenters. The number of nitrogens with one attached hydrogen (secondary N) is 1. The van der Waals surface area contributed by atoms with Crippen LogP contribution in [0.15, 0.2) is 91.0 Å². The van der Waals surface area contributed by atoms with Gasteiger partial charge in [-0.3, -0.25) is 0 Å². The summed E-state index contributed by atoms with van der Waals surface area (Å²) in [6.07, 6.45) is 0. The molecule has 0 spiro atoms. The molecule has 1 aliphatic rings. The molecule has 0 aliphatic heterocycles. The highest BCUT2D eigenvalue weighted by Gasteiger charge is 2.35. The maximum absolute atomic E-state index is 6.68. The first kappa shape index (κ1) is 18.0. The first-order valence-corrected chi connectivity index (χ1v) is 10.3. The van der Waals surface area contributed by atoms with Gasteiger partial charge in [0.05, 0.1) is 10.7 Å². The van der Waals surface area contributed by atoms with Crippen LogP contribution < -0.4 is 5.32 Å². The Morgan fingerprint density at radius 1 is 0.655 bits per heavy atom. The van der Waals surface area contributed by atoms with Crippen LogP contribution in [0.5, 0.6) is 0 Å². The number of benzene rings is 4. The summed E-state index contributed by atoms with van der Waals surface area (Å²) >= 11 is 6.68. The normalized spacial score (nSPS) is 13.6. The summed E-state index contributed by atoms with van der Waals surface area (Å²) in [4.78, 5) is 0. The van der Waals surface area contributed by atoms with E-state index in [0.29, 0.717) is 0 Å². The number of anilines is 2. The molecule has 0 saturated heterocycles. The van der Waals surface area contributed by atoms with Crippen LogP contribution in [0, 0.1) is 0 Å². The van der Waals surface area contributed by atoms with Crippen molar-refractivity contribution in [2.24, 2.45) is 0 Å². The molecule has 4 aromatic rings. The molecule has 1 aliphatic carbocycles. The molecule has 1 nitrogen and oxygen atoms in total. The SMILES string of the molecule is CC1(C)c2ccccc2-c2cc(Cl)c(Nc3ccc(-c4ccccc4)cc3)cc21. The van der Waals surface area contributed by atoms with Crippen LogP contribution in [0.3, 0.4) is 0 Å². The monoisotopic (exact) mass is 395 g/mol. The van der Waals surface area contributed by atoms with E-state index >= 15 is 0 Å². The van der Waals surface area contributed by atoms with E-state index in [0.717, 1.165) is 16.4 Å². The zero-order valence-corrected chi connectivity index (χ0v) is 17.3. The van der Waals surface area contributed by atoms with Gasteiger partial charge in [-0.2, -0.15) is 0 Å². The van der Waals surface area contributed by atoms with Gasteiger partial charge in [-0.15, -0.1) is 0 Å². The van der Waals surface area contributed by atoms with Gasteiger partial charge in [-0.25, -0.2) is 0 Å². The number of halogens is 1. The minimum absolute atomic E-state index is 0.0376. The second-order valence-electron chi connectivity index (χ2n) is 8.12. The molecule has 0 aromatic heterocycles. The van der Waals surface area contributed by atoms with E-state index < -0.39 is 0 Å². The van der Waals surface area contributed by atoms with E-state index in [-0.39, 0.29) is 5.41 Å². The Hall–Kier alpha value is -3.03. The second-order valence-corrected chi connectivity index (χ2v) is 8.52. The average molecular weight is 396 g/mol.